The second-order valence-electron chi connectivity index (χ2n) is 14.1. The largest absolute Gasteiger partial charge is 0.491 e. The molecule has 0 bridgehead atoms. The lowest BCUT2D eigenvalue weighted by atomic mass is 9.84. The first-order chi connectivity index (χ1) is 25.0. The normalized spacial score (nSPS) is 16.0. The maximum atomic E-state index is 13.7. The van der Waals surface area contributed by atoms with Gasteiger partial charge in [0.05, 0.1) is 16.4 Å². The molecule has 0 spiro atoms. The number of aryl methyl sites for hydroxylation is 2. The number of carboxylic acids is 1. The van der Waals surface area contributed by atoms with Gasteiger partial charge in [-0.05, 0) is 92.1 Å². The maximum Gasteiger partial charge on any atom is 0.410 e. The summed E-state index contributed by atoms with van der Waals surface area (Å²) in [5, 5.41) is 10.1. The second kappa shape index (κ2) is 16.1. The van der Waals surface area contributed by atoms with E-state index in [1.165, 1.54) is 12.1 Å². The van der Waals surface area contributed by atoms with Crippen molar-refractivity contribution in [3.63, 3.8) is 0 Å². The van der Waals surface area contributed by atoms with E-state index >= 15 is 0 Å². The first-order valence-corrected chi connectivity index (χ1v) is 18.5. The summed E-state index contributed by atoms with van der Waals surface area (Å²) in [7, 11) is 0. The molecule has 6 rings (SSSR count). The van der Waals surface area contributed by atoms with Crippen LogP contribution in [0.25, 0.3) is 0 Å². The van der Waals surface area contributed by atoms with Gasteiger partial charge in [-0.2, -0.15) is 0 Å². The number of ether oxygens (including phenoxy) is 2. The number of thioether (sulfide) groups is 1. The molecule has 2 atom stereocenters. The first kappa shape index (κ1) is 36.7. The van der Waals surface area contributed by atoms with Crippen molar-refractivity contribution in [2.45, 2.75) is 61.7 Å². The second-order valence-corrected chi connectivity index (χ2v) is 15.6. The molecule has 0 radical (unpaired) electrons. The third kappa shape index (κ3) is 8.68. The third-order valence-corrected chi connectivity index (χ3v) is 11.0. The van der Waals surface area contributed by atoms with E-state index in [1.807, 2.05) is 50.7 Å². The lowest BCUT2D eigenvalue weighted by molar-refractivity contribution is 0.0187. The first-order valence-electron chi connectivity index (χ1n) is 17.6. The van der Waals surface area contributed by atoms with Gasteiger partial charge in [-0.1, -0.05) is 109 Å². The van der Waals surface area contributed by atoms with Crippen molar-refractivity contribution in [1.29, 1.82) is 0 Å². The van der Waals surface area contributed by atoms with Crippen LogP contribution in [0, 0.1) is 5.82 Å². The Morgan fingerprint density at radius 2 is 1.35 bits per heavy atom. The van der Waals surface area contributed by atoms with Crippen LogP contribution in [0.15, 0.2) is 133 Å². The number of likely N-dealkylation sites (tertiary alicyclic amines) is 1. The molecule has 1 heterocycles. The Bertz CT molecular complexity index is 1850. The Morgan fingerprint density at radius 3 is 1.87 bits per heavy atom. The Labute approximate surface area is 309 Å². The van der Waals surface area contributed by atoms with Gasteiger partial charge >= 0.3 is 12.1 Å². The van der Waals surface area contributed by atoms with Gasteiger partial charge in [0.1, 0.15) is 23.8 Å². The molecule has 52 heavy (non-hydrogen) atoms. The van der Waals surface area contributed by atoms with Crippen molar-refractivity contribution < 1.29 is 28.6 Å². The number of rotatable bonds is 12. The minimum absolute atomic E-state index is 0.00477. The van der Waals surface area contributed by atoms with E-state index < -0.39 is 22.4 Å². The number of benzene rings is 5. The van der Waals surface area contributed by atoms with Crippen LogP contribution in [0.5, 0.6) is 5.75 Å². The highest BCUT2D eigenvalue weighted by molar-refractivity contribution is 8.01. The molecular weight excluding hydrogens is 674 g/mol. The highest BCUT2D eigenvalue weighted by atomic mass is 32.2. The van der Waals surface area contributed by atoms with Crippen molar-refractivity contribution in [2.75, 3.05) is 13.2 Å². The van der Waals surface area contributed by atoms with Gasteiger partial charge in [-0.3, -0.25) is 0 Å². The van der Waals surface area contributed by atoms with Crippen molar-refractivity contribution in [1.82, 2.24) is 4.90 Å². The van der Waals surface area contributed by atoms with Gasteiger partial charge in [0.25, 0.3) is 0 Å². The van der Waals surface area contributed by atoms with Crippen LogP contribution in [0.4, 0.5) is 9.18 Å². The van der Waals surface area contributed by atoms with Gasteiger partial charge in [0.15, 0.2) is 0 Å². The predicted octanol–water partition coefficient (Wildman–Crippen LogP) is 9.79. The number of amides is 1. The molecule has 6 nitrogen and oxygen atoms in total. The molecular formula is C44H44FNO5S. The minimum Gasteiger partial charge on any atom is -0.491 e. The highest BCUT2D eigenvalue weighted by Gasteiger charge is 2.45. The standard InChI is InChI=1S/C44H44FNO5S/c1-43(2,3)51-42(49)46-29-39(52-44(33-13-7-4-8-14-33,34-15-9-5-10-16-34)35-17-11-6-12-18-35)27-37(46)30-50-38-26-23-32(40(28-38)41(47)48)22-19-31-20-24-36(45)25-21-31/h4-18,20-21,23-26,28,37,39H,19,22,27,29-30H2,1-3H3,(H,47,48)/t37-,39-/m0/s1. The van der Waals surface area contributed by atoms with Crippen LogP contribution < -0.4 is 4.74 Å². The van der Waals surface area contributed by atoms with Crippen LogP contribution in [0.1, 0.15) is 65.4 Å². The number of nitrogens with zero attached hydrogens (tertiary/aromatic N) is 1. The number of halogens is 1. The molecule has 1 aliphatic heterocycles. The molecule has 0 saturated carbocycles. The molecule has 0 aromatic heterocycles. The van der Waals surface area contributed by atoms with E-state index in [2.05, 4.69) is 72.8 Å². The van der Waals surface area contributed by atoms with E-state index in [1.54, 1.807) is 35.2 Å². The molecule has 5 aromatic rings. The lowest BCUT2D eigenvalue weighted by Gasteiger charge is -2.37. The van der Waals surface area contributed by atoms with Crippen molar-refractivity contribution in [2.24, 2.45) is 0 Å². The van der Waals surface area contributed by atoms with E-state index in [0.29, 0.717) is 37.1 Å². The average Bonchev–Trinajstić information content (AvgIpc) is 3.56. The number of carbonyl (C=O) groups is 2. The van der Waals surface area contributed by atoms with Crippen LogP contribution >= 0.6 is 11.8 Å². The smallest absolute Gasteiger partial charge is 0.410 e. The van der Waals surface area contributed by atoms with E-state index in [0.717, 1.165) is 22.3 Å². The molecule has 0 unspecified atom stereocenters. The molecule has 8 heteroatoms. The molecule has 1 N–H and O–H groups in total. The van der Waals surface area contributed by atoms with Gasteiger partial charge in [-0.15, -0.1) is 11.8 Å². The summed E-state index contributed by atoms with van der Waals surface area (Å²) < 4.78 is 25.0. The Hall–Kier alpha value is -5.08. The minimum atomic E-state index is -1.05. The molecule has 1 amide bonds. The summed E-state index contributed by atoms with van der Waals surface area (Å²) in [5.74, 6) is -0.946. The van der Waals surface area contributed by atoms with Gasteiger partial charge in [-0.25, -0.2) is 14.0 Å². The summed E-state index contributed by atoms with van der Waals surface area (Å²) in [6.07, 6.45) is 1.28. The van der Waals surface area contributed by atoms with Gasteiger partial charge < -0.3 is 19.5 Å². The van der Waals surface area contributed by atoms with Crippen molar-refractivity contribution in [3.8, 4) is 5.75 Å². The summed E-state index contributed by atoms with van der Waals surface area (Å²) in [4.78, 5) is 27.8. The average molecular weight is 718 g/mol. The maximum absolute atomic E-state index is 13.7. The zero-order valence-corrected chi connectivity index (χ0v) is 30.5. The van der Waals surface area contributed by atoms with E-state index in [4.69, 9.17) is 9.47 Å². The molecule has 0 aliphatic carbocycles. The lowest BCUT2D eigenvalue weighted by Crippen LogP contribution is -2.42. The summed E-state index contributed by atoms with van der Waals surface area (Å²) >= 11 is 1.83. The summed E-state index contributed by atoms with van der Waals surface area (Å²) in [5.41, 5.74) is 4.47. The molecule has 5 aromatic carbocycles. The number of hydrogen-bond acceptors (Lipinski definition) is 5. The van der Waals surface area contributed by atoms with Crippen LogP contribution in [0.3, 0.4) is 0 Å². The fourth-order valence-electron chi connectivity index (χ4n) is 6.82. The van der Waals surface area contributed by atoms with Crippen LogP contribution in [0.2, 0.25) is 0 Å². The number of carbonyl (C=O) groups excluding carboxylic acids is 1. The SMILES string of the molecule is CC(C)(C)OC(=O)N1C[C@@H](SC(c2ccccc2)(c2ccccc2)c2ccccc2)C[C@H]1COc1ccc(CCc2ccc(F)cc2)c(C(=O)O)c1. The molecule has 268 valence electrons. The van der Waals surface area contributed by atoms with Crippen LogP contribution in [-0.2, 0) is 22.3 Å². The Kier molecular flexibility index (Phi) is 11.3. The third-order valence-electron chi connectivity index (χ3n) is 9.24. The molecule has 1 fully saturated rings. The zero-order valence-electron chi connectivity index (χ0n) is 29.7. The Balaban J connectivity index is 1.27. The summed E-state index contributed by atoms with van der Waals surface area (Å²) in [6.45, 7) is 6.18. The number of carboxylic acid groups (broad SMARTS) is 1. The molecule has 1 saturated heterocycles. The van der Waals surface area contributed by atoms with Crippen molar-refractivity contribution >= 4 is 23.8 Å². The van der Waals surface area contributed by atoms with Crippen LogP contribution in [-0.4, -0.2) is 52.1 Å². The highest BCUT2D eigenvalue weighted by Crippen LogP contribution is 2.52. The number of hydrogen-bond donors (Lipinski definition) is 1. The number of aromatic carboxylic acids is 1. The monoisotopic (exact) mass is 717 g/mol. The Morgan fingerprint density at radius 1 is 0.788 bits per heavy atom. The summed E-state index contributed by atoms with van der Waals surface area (Å²) in [6, 6.07) is 42.4. The fraction of sp³-hybridized carbons (Fsp3) is 0.273. The van der Waals surface area contributed by atoms with Gasteiger partial charge in [0.2, 0.25) is 0 Å². The predicted molar refractivity (Wildman–Crippen MR) is 205 cm³/mol. The zero-order chi connectivity index (χ0) is 36.7. The van der Waals surface area contributed by atoms with E-state index in [9.17, 15) is 19.1 Å². The fourth-order valence-corrected chi connectivity index (χ4v) is 8.69. The van der Waals surface area contributed by atoms with Crippen molar-refractivity contribution in [3.05, 3.63) is 173 Å². The van der Waals surface area contributed by atoms with Gasteiger partial charge in [0, 0.05) is 11.8 Å². The van der Waals surface area contributed by atoms with E-state index in [-0.39, 0.29) is 29.3 Å². The molecule has 1 aliphatic rings. The topological polar surface area (TPSA) is 76.1 Å². The quantitative estimate of drug-likeness (QED) is 0.130.